The van der Waals surface area contributed by atoms with Crippen LogP contribution in [0.4, 0.5) is 0 Å². The summed E-state index contributed by atoms with van der Waals surface area (Å²) in [4.78, 5) is 28.2. The summed E-state index contributed by atoms with van der Waals surface area (Å²) in [5.74, 6) is 1.07. The zero-order valence-corrected chi connectivity index (χ0v) is 10.1. The normalized spacial score (nSPS) is 15.6. The molecule has 1 aromatic carbocycles. The summed E-state index contributed by atoms with van der Waals surface area (Å²) >= 11 is 0. The van der Waals surface area contributed by atoms with Gasteiger partial charge in [0.2, 0.25) is 0 Å². The maximum Gasteiger partial charge on any atom is 0.326 e. The first-order valence-electron chi connectivity index (χ1n) is 6.03. The minimum absolute atomic E-state index is 0.321. The first-order chi connectivity index (χ1) is 8.69. The lowest BCUT2D eigenvalue weighted by Gasteiger charge is -2.27. The quantitative estimate of drug-likeness (QED) is 0.843. The van der Waals surface area contributed by atoms with Crippen LogP contribution in [0.5, 0.6) is 5.75 Å². The van der Waals surface area contributed by atoms with E-state index >= 15 is 0 Å². The molecule has 94 valence electrons. The molecule has 1 aliphatic carbocycles. The molecule has 5 heteroatoms. The fraction of sp³-hybridized carbons (Fsp3) is 0.385. The average Bonchev–Trinajstić information content (AvgIpc) is 2.25. The second-order valence-electron chi connectivity index (χ2n) is 4.68. The average molecular weight is 246 g/mol. The van der Waals surface area contributed by atoms with E-state index in [9.17, 15) is 9.59 Å². The third-order valence-electron chi connectivity index (χ3n) is 3.63. The molecule has 0 radical (unpaired) electrons. The van der Waals surface area contributed by atoms with Crippen LogP contribution in [0.2, 0.25) is 0 Å². The highest BCUT2D eigenvalue weighted by atomic mass is 16.5. The zero-order chi connectivity index (χ0) is 12.7. The van der Waals surface area contributed by atoms with Crippen LogP contribution in [0.15, 0.2) is 21.7 Å². The van der Waals surface area contributed by atoms with E-state index in [2.05, 4.69) is 9.97 Å². The number of rotatable bonds is 2. The van der Waals surface area contributed by atoms with Crippen LogP contribution in [0, 0.1) is 0 Å². The number of aromatic amines is 2. The Bertz CT molecular complexity index is 710. The van der Waals surface area contributed by atoms with Crippen molar-refractivity contribution in [1.29, 1.82) is 0 Å². The van der Waals surface area contributed by atoms with Crippen molar-refractivity contribution < 1.29 is 4.74 Å². The van der Waals surface area contributed by atoms with Crippen LogP contribution in [-0.2, 0) is 0 Å². The number of ether oxygens (including phenoxy) is 1. The van der Waals surface area contributed by atoms with Gasteiger partial charge in [0, 0.05) is 6.07 Å². The Morgan fingerprint density at radius 1 is 1.22 bits per heavy atom. The van der Waals surface area contributed by atoms with Crippen LogP contribution in [0.1, 0.15) is 30.7 Å². The molecule has 1 fully saturated rings. The van der Waals surface area contributed by atoms with Crippen LogP contribution in [0.25, 0.3) is 10.9 Å². The molecule has 0 saturated heterocycles. The number of methoxy groups -OCH3 is 1. The molecular weight excluding hydrogens is 232 g/mol. The van der Waals surface area contributed by atoms with Crippen molar-refractivity contribution in [1.82, 2.24) is 9.97 Å². The van der Waals surface area contributed by atoms with Gasteiger partial charge in [-0.25, -0.2) is 4.79 Å². The van der Waals surface area contributed by atoms with Gasteiger partial charge in [0.25, 0.3) is 5.56 Å². The highest BCUT2D eigenvalue weighted by Crippen LogP contribution is 2.39. The smallest absolute Gasteiger partial charge is 0.326 e. The minimum Gasteiger partial charge on any atom is -0.497 e. The van der Waals surface area contributed by atoms with Gasteiger partial charge in [-0.1, -0.05) is 6.42 Å². The number of aromatic nitrogens is 2. The second kappa shape index (κ2) is 4.01. The monoisotopic (exact) mass is 246 g/mol. The molecule has 2 aromatic rings. The first-order valence-corrected chi connectivity index (χ1v) is 6.03. The molecule has 1 saturated carbocycles. The van der Waals surface area contributed by atoms with Gasteiger partial charge in [0.15, 0.2) is 0 Å². The van der Waals surface area contributed by atoms with Crippen molar-refractivity contribution >= 4 is 10.9 Å². The van der Waals surface area contributed by atoms with Crippen LogP contribution < -0.4 is 16.0 Å². The van der Waals surface area contributed by atoms with Crippen LogP contribution in [-0.4, -0.2) is 17.1 Å². The molecule has 0 spiro atoms. The molecule has 5 nitrogen and oxygen atoms in total. The Balaban J connectivity index is 2.37. The number of fused-ring (bicyclic) bond motifs is 1. The summed E-state index contributed by atoms with van der Waals surface area (Å²) < 4.78 is 5.23. The van der Waals surface area contributed by atoms with Gasteiger partial charge in [0.1, 0.15) is 5.75 Å². The second-order valence-corrected chi connectivity index (χ2v) is 4.68. The van der Waals surface area contributed by atoms with Crippen molar-refractivity contribution in [2.75, 3.05) is 7.11 Å². The SMILES string of the molecule is COc1cc(C2CCC2)c2c(=O)[nH]c(=O)[nH]c2c1. The fourth-order valence-electron chi connectivity index (χ4n) is 2.47. The number of benzene rings is 1. The van der Waals surface area contributed by atoms with E-state index in [1.807, 2.05) is 6.07 Å². The Kier molecular flexibility index (Phi) is 2.47. The summed E-state index contributed by atoms with van der Waals surface area (Å²) in [5, 5.41) is 0.583. The van der Waals surface area contributed by atoms with E-state index in [-0.39, 0.29) is 5.56 Å². The minimum atomic E-state index is -0.486. The summed E-state index contributed by atoms with van der Waals surface area (Å²) in [6.07, 6.45) is 3.35. The van der Waals surface area contributed by atoms with Gasteiger partial charge in [-0.3, -0.25) is 9.78 Å². The molecule has 1 aromatic heterocycles. The molecule has 0 amide bonds. The van der Waals surface area contributed by atoms with E-state index in [4.69, 9.17) is 4.74 Å². The van der Waals surface area contributed by atoms with E-state index in [0.717, 1.165) is 18.4 Å². The van der Waals surface area contributed by atoms with Gasteiger partial charge in [0.05, 0.1) is 18.0 Å². The van der Waals surface area contributed by atoms with Crippen molar-refractivity contribution in [2.45, 2.75) is 25.2 Å². The predicted molar refractivity (Wildman–Crippen MR) is 68.3 cm³/mol. The molecule has 1 aliphatic rings. The van der Waals surface area contributed by atoms with E-state index < -0.39 is 5.69 Å². The lowest BCUT2D eigenvalue weighted by Crippen LogP contribution is -2.24. The van der Waals surface area contributed by atoms with Crippen LogP contribution >= 0.6 is 0 Å². The number of nitrogens with one attached hydrogen (secondary N) is 2. The topological polar surface area (TPSA) is 75.0 Å². The van der Waals surface area contributed by atoms with Gasteiger partial charge >= 0.3 is 5.69 Å². The fourth-order valence-corrected chi connectivity index (χ4v) is 2.47. The molecule has 0 atom stereocenters. The van der Waals surface area contributed by atoms with Gasteiger partial charge in [-0.05, 0) is 30.4 Å². The van der Waals surface area contributed by atoms with Crippen LogP contribution in [0.3, 0.4) is 0 Å². The Hall–Kier alpha value is -2.04. The molecule has 1 heterocycles. The maximum absolute atomic E-state index is 11.9. The summed E-state index contributed by atoms with van der Waals surface area (Å²) in [7, 11) is 1.58. The maximum atomic E-state index is 11.9. The number of hydrogen-bond donors (Lipinski definition) is 2. The first kappa shape index (κ1) is 11.1. The standard InChI is InChI=1S/C13H14N2O3/c1-18-8-5-9(7-3-2-4-7)11-10(6-8)14-13(17)15-12(11)16/h5-7H,2-4H2,1H3,(H2,14,15,16,17). The van der Waals surface area contributed by atoms with E-state index in [0.29, 0.717) is 22.6 Å². The van der Waals surface area contributed by atoms with Crippen molar-refractivity contribution in [2.24, 2.45) is 0 Å². The summed E-state index contributed by atoms with van der Waals surface area (Å²) in [6, 6.07) is 3.59. The summed E-state index contributed by atoms with van der Waals surface area (Å²) in [6.45, 7) is 0. The van der Waals surface area contributed by atoms with Crippen molar-refractivity contribution in [3.8, 4) is 5.75 Å². The lowest BCUT2D eigenvalue weighted by atomic mass is 9.79. The largest absolute Gasteiger partial charge is 0.497 e. The van der Waals surface area contributed by atoms with Crippen molar-refractivity contribution in [3.05, 3.63) is 38.5 Å². The highest BCUT2D eigenvalue weighted by Gasteiger charge is 2.23. The molecule has 0 aliphatic heterocycles. The van der Waals surface area contributed by atoms with E-state index in [1.165, 1.54) is 6.42 Å². The number of H-pyrrole nitrogens is 2. The number of hydrogen-bond acceptors (Lipinski definition) is 3. The Morgan fingerprint density at radius 3 is 2.61 bits per heavy atom. The van der Waals surface area contributed by atoms with Gasteiger partial charge < -0.3 is 9.72 Å². The zero-order valence-electron chi connectivity index (χ0n) is 10.1. The molecule has 2 N–H and O–H groups in total. The van der Waals surface area contributed by atoms with E-state index in [1.54, 1.807) is 13.2 Å². The molecule has 0 bridgehead atoms. The van der Waals surface area contributed by atoms with Gasteiger partial charge in [-0.15, -0.1) is 0 Å². The third-order valence-corrected chi connectivity index (χ3v) is 3.63. The van der Waals surface area contributed by atoms with Crippen molar-refractivity contribution in [3.63, 3.8) is 0 Å². The molecule has 18 heavy (non-hydrogen) atoms. The summed E-state index contributed by atoms with van der Waals surface area (Å²) in [5.41, 5.74) is 0.719. The Labute approximate surface area is 103 Å². The molecular formula is C13H14N2O3. The lowest BCUT2D eigenvalue weighted by molar-refractivity contribution is 0.404. The third kappa shape index (κ3) is 1.63. The van der Waals surface area contributed by atoms with Gasteiger partial charge in [-0.2, -0.15) is 0 Å². The molecule has 0 unspecified atom stereocenters. The highest BCUT2D eigenvalue weighted by molar-refractivity contribution is 5.83. The predicted octanol–water partition coefficient (Wildman–Crippen LogP) is 1.49. The Morgan fingerprint density at radius 2 is 2.00 bits per heavy atom. The molecule has 3 rings (SSSR count).